The number of allylic oxidation sites excluding steroid dienone is 2. The fourth-order valence-electron chi connectivity index (χ4n) is 0.573. The van der Waals surface area contributed by atoms with Crippen LogP contribution in [0.1, 0.15) is 13.3 Å². The molecule has 0 saturated carbocycles. The van der Waals surface area contributed by atoms with E-state index in [2.05, 4.69) is 0 Å². The molecule has 0 aliphatic rings. The van der Waals surface area contributed by atoms with Gasteiger partial charge in [0.05, 0.1) is 25.5 Å². The Kier molecular flexibility index (Phi) is 5.75. The first-order chi connectivity index (χ1) is 5.26. The monoisotopic (exact) mass is 176 g/mol. The molecule has 0 aromatic carbocycles. The lowest BCUT2D eigenvalue weighted by Crippen LogP contribution is -1.85. The van der Waals surface area contributed by atoms with Crippen LogP contribution in [0.3, 0.4) is 0 Å². The van der Waals surface area contributed by atoms with Crippen LogP contribution in [-0.2, 0) is 9.47 Å². The molecule has 0 bridgehead atoms. The van der Waals surface area contributed by atoms with Gasteiger partial charge in [0, 0.05) is 6.08 Å². The first-order valence-corrected chi connectivity index (χ1v) is 3.76. The average Bonchev–Trinajstić information content (AvgIpc) is 2.05. The number of methoxy groups -OCH3 is 2. The van der Waals surface area contributed by atoms with Crippen molar-refractivity contribution in [2.45, 2.75) is 13.3 Å². The van der Waals surface area contributed by atoms with Crippen molar-refractivity contribution in [2.24, 2.45) is 0 Å². The summed E-state index contributed by atoms with van der Waals surface area (Å²) in [6.45, 7) is 1.96. The van der Waals surface area contributed by atoms with Gasteiger partial charge in [0.15, 0.2) is 0 Å². The zero-order valence-electron chi connectivity index (χ0n) is 7.06. The van der Waals surface area contributed by atoms with Crippen LogP contribution >= 0.6 is 11.6 Å². The minimum Gasteiger partial charge on any atom is -0.504 e. The van der Waals surface area contributed by atoms with E-state index < -0.39 is 0 Å². The van der Waals surface area contributed by atoms with Gasteiger partial charge in [-0.2, -0.15) is 0 Å². The Hall–Kier alpha value is -0.630. The molecule has 64 valence electrons. The van der Waals surface area contributed by atoms with Crippen molar-refractivity contribution in [1.82, 2.24) is 0 Å². The van der Waals surface area contributed by atoms with Gasteiger partial charge in [0.2, 0.25) is 0 Å². The Balaban J connectivity index is 4.26. The first-order valence-electron chi connectivity index (χ1n) is 3.38. The minimum atomic E-state index is 0.649. The second kappa shape index (κ2) is 6.10. The molecule has 0 saturated heterocycles. The van der Waals surface area contributed by atoms with Gasteiger partial charge in [0.1, 0.15) is 5.76 Å². The van der Waals surface area contributed by atoms with E-state index in [1.165, 1.54) is 6.26 Å². The number of rotatable bonds is 4. The second-order valence-electron chi connectivity index (χ2n) is 1.87. The maximum Gasteiger partial charge on any atom is 0.136 e. The number of hydrogen-bond acceptors (Lipinski definition) is 2. The largest absolute Gasteiger partial charge is 0.504 e. The van der Waals surface area contributed by atoms with Crippen LogP contribution in [0.5, 0.6) is 0 Å². The van der Waals surface area contributed by atoms with E-state index in [1.807, 2.05) is 6.92 Å². The van der Waals surface area contributed by atoms with Gasteiger partial charge in [-0.3, -0.25) is 0 Å². The summed E-state index contributed by atoms with van der Waals surface area (Å²) in [7, 11) is 3.15. The Morgan fingerprint density at radius 2 is 2.09 bits per heavy atom. The van der Waals surface area contributed by atoms with Crippen LogP contribution in [0.2, 0.25) is 0 Å². The van der Waals surface area contributed by atoms with Gasteiger partial charge >= 0.3 is 0 Å². The third kappa shape index (κ3) is 3.94. The van der Waals surface area contributed by atoms with Crippen molar-refractivity contribution in [3.8, 4) is 0 Å². The van der Waals surface area contributed by atoms with Gasteiger partial charge < -0.3 is 9.47 Å². The Morgan fingerprint density at radius 3 is 2.45 bits per heavy atom. The van der Waals surface area contributed by atoms with Crippen LogP contribution in [0.4, 0.5) is 0 Å². The zero-order chi connectivity index (χ0) is 8.69. The average molecular weight is 177 g/mol. The first kappa shape index (κ1) is 10.4. The Bertz CT molecular complexity index is 161. The Labute approximate surface area is 72.4 Å². The molecule has 0 radical (unpaired) electrons. The summed E-state index contributed by atoms with van der Waals surface area (Å²) in [5.41, 5.74) is 0. The van der Waals surface area contributed by atoms with Gasteiger partial charge in [-0.05, 0) is 6.42 Å². The van der Waals surface area contributed by atoms with E-state index in [-0.39, 0.29) is 0 Å². The van der Waals surface area contributed by atoms with E-state index in [0.29, 0.717) is 10.8 Å². The summed E-state index contributed by atoms with van der Waals surface area (Å²) in [6, 6.07) is 0. The maximum atomic E-state index is 5.81. The van der Waals surface area contributed by atoms with Gasteiger partial charge in [-0.15, -0.1) is 0 Å². The van der Waals surface area contributed by atoms with E-state index in [4.69, 9.17) is 21.1 Å². The van der Waals surface area contributed by atoms with Crippen molar-refractivity contribution < 1.29 is 9.47 Å². The molecule has 0 heterocycles. The topological polar surface area (TPSA) is 18.5 Å². The minimum absolute atomic E-state index is 0.649. The fourth-order valence-corrected chi connectivity index (χ4v) is 0.713. The van der Waals surface area contributed by atoms with Gasteiger partial charge in [-0.25, -0.2) is 0 Å². The quantitative estimate of drug-likeness (QED) is 0.484. The summed E-state index contributed by atoms with van der Waals surface area (Å²) in [6.07, 6.45) is 3.97. The predicted molar refractivity (Wildman–Crippen MR) is 46.3 cm³/mol. The molecular weight excluding hydrogens is 164 g/mol. The second-order valence-corrected chi connectivity index (χ2v) is 2.32. The summed E-state index contributed by atoms with van der Waals surface area (Å²) in [4.78, 5) is 0. The molecular formula is C8H13ClO2. The van der Waals surface area contributed by atoms with Crippen LogP contribution < -0.4 is 0 Å². The van der Waals surface area contributed by atoms with Crippen LogP contribution in [0, 0.1) is 0 Å². The molecule has 2 nitrogen and oxygen atoms in total. The molecule has 0 N–H and O–H groups in total. The molecule has 0 aliphatic heterocycles. The third-order valence-corrected chi connectivity index (χ3v) is 1.61. The molecule has 0 atom stereocenters. The highest BCUT2D eigenvalue weighted by molar-refractivity contribution is 6.29. The lowest BCUT2D eigenvalue weighted by Gasteiger charge is -2.01. The normalized spacial score (nSPS) is 13.1. The van der Waals surface area contributed by atoms with E-state index in [1.54, 1.807) is 20.3 Å². The van der Waals surface area contributed by atoms with Crippen LogP contribution in [0.15, 0.2) is 23.1 Å². The van der Waals surface area contributed by atoms with Crippen LogP contribution in [0.25, 0.3) is 0 Å². The predicted octanol–water partition coefficient (Wildman–Crippen LogP) is 2.65. The molecule has 0 aromatic heterocycles. The number of ether oxygens (including phenoxy) is 2. The molecule has 0 unspecified atom stereocenters. The highest BCUT2D eigenvalue weighted by Gasteiger charge is 1.97. The van der Waals surface area contributed by atoms with Crippen molar-refractivity contribution in [3.63, 3.8) is 0 Å². The highest BCUT2D eigenvalue weighted by atomic mass is 35.5. The van der Waals surface area contributed by atoms with Crippen molar-refractivity contribution in [2.75, 3.05) is 14.2 Å². The lowest BCUT2D eigenvalue weighted by molar-refractivity contribution is 0.294. The summed E-state index contributed by atoms with van der Waals surface area (Å²) >= 11 is 5.81. The maximum absolute atomic E-state index is 5.81. The summed E-state index contributed by atoms with van der Waals surface area (Å²) in [5.74, 6) is 0.649. The van der Waals surface area contributed by atoms with E-state index >= 15 is 0 Å². The Morgan fingerprint density at radius 1 is 1.45 bits per heavy atom. The zero-order valence-corrected chi connectivity index (χ0v) is 7.81. The molecule has 0 spiro atoms. The fraction of sp³-hybridized carbons (Fsp3) is 0.500. The van der Waals surface area contributed by atoms with Crippen molar-refractivity contribution >= 4 is 11.6 Å². The van der Waals surface area contributed by atoms with Crippen molar-refractivity contribution in [1.29, 1.82) is 0 Å². The standard InChI is InChI=1S/C8H13ClO2/c1-4-7(9)8(11-3)5-6-10-2/h5-6H,4H2,1-3H3/b6-5+,8-7-. The number of hydrogen-bond donors (Lipinski definition) is 0. The van der Waals surface area contributed by atoms with Gasteiger partial charge in [-0.1, -0.05) is 18.5 Å². The number of halogens is 1. The molecule has 0 amide bonds. The van der Waals surface area contributed by atoms with E-state index in [9.17, 15) is 0 Å². The molecule has 0 rings (SSSR count). The molecule has 0 fully saturated rings. The SMILES string of the molecule is CC/C(Cl)=C(\C=C\OC)OC. The summed E-state index contributed by atoms with van der Waals surface area (Å²) in [5, 5.41) is 0.695. The lowest BCUT2D eigenvalue weighted by atomic mass is 10.3. The molecule has 0 aromatic rings. The molecule has 11 heavy (non-hydrogen) atoms. The van der Waals surface area contributed by atoms with E-state index in [0.717, 1.165) is 6.42 Å². The smallest absolute Gasteiger partial charge is 0.136 e. The van der Waals surface area contributed by atoms with Gasteiger partial charge in [0.25, 0.3) is 0 Å². The molecule has 3 heteroatoms. The molecule has 0 aliphatic carbocycles. The highest BCUT2D eigenvalue weighted by Crippen LogP contribution is 2.14. The van der Waals surface area contributed by atoms with Crippen LogP contribution in [-0.4, -0.2) is 14.2 Å². The van der Waals surface area contributed by atoms with Crippen molar-refractivity contribution in [3.05, 3.63) is 23.1 Å². The summed E-state index contributed by atoms with van der Waals surface area (Å²) < 4.78 is 9.70. The third-order valence-electron chi connectivity index (χ3n) is 1.15.